The molecule has 1 fully saturated rings. The van der Waals surface area contributed by atoms with Crippen LogP contribution in [0.5, 0.6) is 0 Å². The molecule has 1 atom stereocenters. The van der Waals surface area contributed by atoms with Gasteiger partial charge in [0.25, 0.3) is 0 Å². The Morgan fingerprint density at radius 1 is 1.38 bits per heavy atom. The van der Waals surface area contributed by atoms with Crippen molar-refractivity contribution in [2.75, 3.05) is 6.61 Å². The number of carbonyl (C=O) groups is 2. The van der Waals surface area contributed by atoms with E-state index < -0.39 is 5.97 Å². The summed E-state index contributed by atoms with van der Waals surface area (Å²) in [6.45, 7) is 0.408. The fourth-order valence-electron chi connectivity index (χ4n) is 1.87. The molecule has 0 amide bonds. The normalized spacial score (nSPS) is 17.7. The highest BCUT2D eigenvalue weighted by Crippen LogP contribution is 2.28. The first-order valence-corrected chi connectivity index (χ1v) is 6.98. The maximum atomic E-state index is 11.5. The van der Waals surface area contributed by atoms with Gasteiger partial charge in [-0.15, -0.1) is 5.10 Å². The van der Waals surface area contributed by atoms with Crippen molar-refractivity contribution in [1.29, 1.82) is 0 Å². The number of ether oxygens (including phenoxy) is 1. The van der Waals surface area contributed by atoms with E-state index >= 15 is 0 Å². The van der Waals surface area contributed by atoms with Gasteiger partial charge in [-0.2, -0.15) is 4.68 Å². The van der Waals surface area contributed by atoms with Gasteiger partial charge in [0.15, 0.2) is 0 Å². The van der Waals surface area contributed by atoms with E-state index in [2.05, 4.69) is 15.5 Å². The number of thioether (sulfide) groups is 1. The molecule has 1 unspecified atom stereocenters. The second kappa shape index (κ2) is 5.52. The molecule has 1 saturated heterocycles. The van der Waals surface area contributed by atoms with Crippen LogP contribution in [0.1, 0.15) is 16.8 Å². The summed E-state index contributed by atoms with van der Waals surface area (Å²) < 4.78 is 6.36. The van der Waals surface area contributed by atoms with Crippen molar-refractivity contribution < 1.29 is 19.4 Å². The Bertz CT molecular complexity index is 685. The number of rotatable bonds is 4. The highest BCUT2D eigenvalue weighted by molar-refractivity contribution is 8.00. The van der Waals surface area contributed by atoms with Crippen molar-refractivity contribution in [2.24, 2.45) is 0 Å². The van der Waals surface area contributed by atoms with Crippen molar-refractivity contribution in [3.8, 4) is 5.69 Å². The highest BCUT2D eigenvalue weighted by Gasteiger charge is 2.29. The predicted molar refractivity (Wildman–Crippen MR) is 71.3 cm³/mol. The van der Waals surface area contributed by atoms with E-state index in [1.807, 2.05) is 0 Å². The van der Waals surface area contributed by atoms with E-state index in [1.54, 1.807) is 12.1 Å². The minimum absolute atomic E-state index is 0.181. The molecule has 0 aliphatic carbocycles. The number of benzene rings is 1. The van der Waals surface area contributed by atoms with E-state index in [9.17, 15) is 9.59 Å². The lowest BCUT2D eigenvalue weighted by atomic mass is 10.2. The number of aromatic nitrogens is 4. The van der Waals surface area contributed by atoms with Gasteiger partial charge < -0.3 is 9.84 Å². The molecule has 0 radical (unpaired) electrons. The van der Waals surface area contributed by atoms with Gasteiger partial charge in [-0.1, -0.05) is 11.8 Å². The summed E-state index contributed by atoms with van der Waals surface area (Å²) in [5.41, 5.74) is 0.805. The number of carboxylic acid groups (broad SMARTS) is 1. The number of cyclic esters (lactones) is 1. The summed E-state index contributed by atoms with van der Waals surface area (Å²) in [6, 6.07) is 6.16. The van der Waals surface area contributed by atoms with Crippen LogP contribution < -0.4 is 0 Å². The molecule has 0 spiro atoms. The summed E-state index contributed by atoms with van der Waals surface area (Å²) in [6.07, 6.45) is 0.619. The van der Waals surface area contributed by atoms with E-state index in [0.29, 0.717) is 23.9 Å². The number of esters is 1. The smallest absolute Gasteiger partial charge is 0.335 e. The Labute approximate surface area is 123 Å². The summed E-state index contributed by atoms with van der Waals surface area (Å²) in [5, 5.41) is 20.4. The van der Waals surface area contributed by atoms with Crippen LogP contribution in [0.4, 0.5) is 0 Å². The largest absolute Gasteiger partial charge is 0.478 e. The molecule has 1 N–H and O–H groups in total. The molecular weight excluding hydrogens is 296 g/mol. The van der Waals surface area contributed by atoms with Gasteiger partial charge in [-0.05, 0) is 34.7 Å². The van der Waals surface area contributed by atoms with Gasteiger partial charge in [-0.25, -0.2) is 4.79 Å². The number of nitrogens with zero attached hydrogens (tertiary/aromatic N) is 4. The van der Waals surface area contributed by atoms with Crippen molar-refractivity contribution >= 4 is 23.7 Å². The number of aromatic carboxylic acids is 1. The number of tetrazole rings is 1. The second-order valence-electron chi connectivity index (χ2n) is 4.29. The van der Waals surface area contributed by atoms with Crippen molar-refractivity contribution in [3.05, 3.63) is 29.8 Å². The predicted octanol–water partition coefficient (Wildman–Crippen LogP) is 0.768. The Kier molecular flexibility index (Phi) is 3.57. The average Bonchev–Trinajstić information content (AvgIpc) is 3.09. The van der Waals surface area contributed by atoms with Gasteiger partial charge >= 0.3 is 11.9 Å². The quantitative estimate of drug-likeness (QED) is 0.825. The Morgan fingerprint density at radius 2 is 2.14 bits per heavy atom. The Hall–Kier alpha value is -2.42. The molecule has 21 heavy (non-hydrogen) atoms. The monoisotopic (exact) mass is 306 g/mol. The zero-order chi connectivity index (χ0) is 14.8. The molecule has 1 aliphatic heterocycles. The minimum atomic E-state index is -0.999. The van der Waals surface area contributed by atoms with E-state index in [4.69, 9.17) is 9.84 Å². The zero-order valence-electron chi connectivity index (χ0n) is 10.7. The lowest BCUT2D eigenvalue weighted by molar-refractivity contribution is -0.137. The lowest BCUT2D eigenvalue weighted by Crippen LogP contribution is -2.11. The summed E-state index contributed by atoms with van der Waals surface area (Å²) in [7, 11) is 0. The van der Waals surface area contributed by atoms with Crippen LogP contribution in [0.3, 0.4) is 0 Å². The van der Waals surface area contributed by atoms with Gasteiger partial charge in [0.1, 0.15) is 5.25 Å². The molecule has 3 rings (SSSR count). The maximum absolute atomic E-state index is 11.5. The fourth-order valence-corrected chi connectivity index (χ4v) is 2.83. The fraction of sp³-hybridized carbons (Fsp3) is 0.250. The summed E-state index contributed by atoms with van der Waals surface area (Å²) in [4.78, 5) is 22.3. The van der Waals surface area contributed by atoms with Crippen LogP contribution in [0, 0.1) is 0 Å². The van der Waals surface area contributed by atoms with Crippen LogP contribution in [0.25, 0.3) is 5.69 Å². The van der Waals surface area contributed by atoms with E-state index in [-0.39, 0.29) is 16.8 Å². The summed E-state index contributed by atoms with van der Waals surface area (Å²) >= 11 is 1.23. The molecule has 1 aliphatic rings. The topological polar surface area (TPSA) is 107 Å². The standard InChI is InChI=1S/C12H10N4O4S/c17-10(18)7-1-3-8(4-2-7)16-12(13-14-15-16)21-9-5-6-20-11(9)19/h1-4,9H,5-6H2,(H,17,18). The molecular formula is C12H10N4O4S. The zero-order valence-corrected chi connectivity index (χ0v) is 11.5. The van der Waals surface area contributed by atoms with Crippen LogP contribution in [-0.4, -0.2) is 49.1 Å². The first-order valence-electron chi connectivity index (χ1n) is 6.10. The number of hydrogen-bond acceptors (Lipinski definition) is 7. The third-order valence-corrected chi connectivity index (χ3v) is 4.11. The maximum Gasteiger partial charge on any atom is 0.335 e. The highest BCUT2D eigenvalue weighted by atomic mass is 32.2. The average molecular weight is 306 g/mol. The molecule has 2 heterocycles. The third kappa shape index (κ3) is 2.72. The SMILES string of the molecule is O=C(O)c1ccc(-n2nnnc2SC2CCOC2=O)cc1. The molecule has 0 bridgehead atoms. The van der Waals surface area contributed by atoms with Gasteiger partial charge in [0.05, 0.1) is 17.9 Å². The van der Waals surface area contributed by atoms with Crippen LogP contribution in [0.2, 0.25) is 0 Å². The number of hydrogen-bond donors (Lipinski definition) is 1. The molecule has 9 heteroatoms. The molecule has 0 saturated carbocycles. The third-order valence-electron chi connectivity index (χ3n) is 2.93. The van der Waals surface area contributed by atoms with Gasteiger partial charge in [0.2, 0.25) is 5.16 Å². The van der Waals surface area contributed by atoms with Crippen LogP contribution in [0.15, 0.2) is 29.4 Å². The van der Waals surface area contributed by atoms with Crippen LogP contribution in [-0.2, 0) is 9.53 Å². The van der Waals surface area contributed by atoms with Crippen molar-refractivity contribution in [1.82, 2.24) is 20.2 Å². The van der Waals surface area contributed by atoms with Gasteiger partial charge in [-0.3, -0.25) is 4.79 Å². The number of carbonyl (C=O) groups excluding carboxylic acids is 1. The number of carboxylic acids is 1. The van der Waals surface area contributed by atoms with Crippen LogP contribution >= 0.6 is 11.8 Å². The Balaban J connectivity index is 1.84. The second-order valence-corrected chi connectivity index (χ2v) is 5.46. The lowest BCUT2D eigenvalue weighted by Gasteiger charge is -2.06. The first-order chi connectivity index (χ1) is 10.1. The molecule has 1 aromatic heterocycles. The molecule has 108 valence electrons. The Morgan fingerprint density at radius 3 is 2.76 bits per heavy atom. The summed E-state index contributed by atoms with van der Waals surface area (Å²) in [5.74, 6) is -1.27. The van der Waals surface area contributed by atoms with Crippen molar-refractivity contribution in [3.63, 3.8) is 0 Å². The molecule has 2 aromatic rings. The van der Waals surface area contributed by atoms with E-state index in [0.717, 1.165) is 0 Å². The minimum Gasteiger partial charge on any atom is -0.478 e. The first kappa shape index (κ1) is 13.6. The van der Waals surface area contributed by atoms with Gasteiger partial charge in [0, 0.05) is 6.42 Å². The molecule has 1 aromatic carbocycles. The van der Waals surface area contributed by atoms with E-state index in [1.165, 1.54) is 28.6 Å². The molecule has 8 nitrogen and oxygen atoms in total. The van der Waals surface area contributed by atoms with Crippen molar-refractivity contribution in [2.45, 2.75) is 16.8 Å².